The number of benzene rings is 1. The Kier molecular flexibility index (Phi) is 5.24. The summed E-state index contributed by atoms with van der Waals surface area (Å²) in [5, 5.41) is 2.22. The van der Waals surface area contributed by atoms with E-state index in [-0.39, 0.29) is 17.2 Å². The largest absolute Gasteiger partial charge is 0.353 e. The molecular weight excluding hydrogens is 311 g/mol. The van der Waals surface area contributed by atoms with Gasteiger partial charge in [-0.15, -0.1) is 12.4 Å². The molecule has 1 aromatic carbocycles. The summed E-state index contributed by atoms with van der Waals surface area (Å²) >= 11 is 13.7. The van der Waals surface area contributed by atoms with Gasteiger partial charge in [0, 0.05) is 23.4 Å². The summed E-state index contributed by atoms with van der Waals surface area (Å²) in [5.74, 6) is 0. The van der Waals surface area contributed by atoms with Crippen LogP contribution in [0.4, 0.5) is 5.69 Å². The molecule has 0 atom stereocenters. The van der Waals surface area contributed by atoms with Gasteiger partial charge in [0.25, 0.3) is 0 Å². The molecule has 0 N–H and O–H groups in total. The van der Waals surface area contributed by atoms with Crippen LogP contribution in [-0.4, -0.2) is 28.4 Å². The van der Waals surface area contributed by atoms with E-state index in [1.165, 1.54) is 0 Å². The Bertz CT molecular complexity index is 474. The van der Waals surface area contributed by atoms with Crippen LogP contribution in [0.2, 0.25) is 10.0 Å². The molecule has 0 amide bonds. The second-order valence-corrected chi connectivity index (χ2v) is 7.23. The Morgan fingerprint density at radius 3 is 2.50 bits per heavy atom. The first-order valence-electron chi connectivity index (χ1n) is 5.31. The molecule has 2 nitrogen and oxygen atoms in total. The zero-order valence-electron chi connectivity index (χ0n) is 10.4. The Balaban J connectivity index is 0.00000162. The van der Waals surface area contributed by atoms with Crippen LogP contribution in [0.15, 0.2) is 23.2 Å². The van der Waals surface area contributed by atoms with E-state index >= 15 is 0 Å². The molecule has 2 rings (SSSR count). The average molecular weight is 326 g/mol. The van der Waals surface area contributed by atoms with E-state index in [1.807, 2.05) is 13.1 Å². The van der Waals surface area contributed by atoms with E-state index in [0.717, 1.165) is 17.4 Å². The molecular formula is C12H15Cl3N2S. The molecule has 6 heteroatoms. The number of aliphatic imine (C=N–C) groups is 1. The predicted octanol–water partition coefficient (Wildman–Crippen LogP) is 4.86. The molecule has 1 saturated heterocycles. The lowest BCUT2D eigenvalue weighted by molar-refractivity contribution is 0.477. The zero-order valence-corrected chi connectivity index (χ0v) is 13.6. The maximum Gasteiger partial charge on any atom is 0.164 e. The third-order valence-electron chi connectivity index (χ3n) is 2.44. The lowest BCUT2D eigenvalue weighted by Gasteiger charge is -2.13. The lowest BCUT2D eigenvalue weighted by atomic mass is 10.2. The maximum atomic E-state index is 6.11. The van der Waals surface area contributed by atoms with E-state index in [1.54, 1.807) is 23.9 Å². The number of nitrogens with zero attached hydrogens (tertiary/aromatic N) is 2. The van der Waals surface area contributed by atoms with Crippen LogP contribution < -0.4 is 0 Å². The van der Waals surface area contributed by atoms with Gasteiger partial charge >= 0.3 is 0 Å². The lowest BCUT2D eigenvalue weighted by Crippen LogP contribution is -2.24. The zero-order chi connectivity index (χ0) is 12.6. The molecule has 100 valence electrons. The molecule has 0 saturated carbocycles. The minimum absolute atomic E-state index is 0. The van der Waals surface area contributed by atoms with Crippen LogP contribution in [0.25, 0.3) is 0 Å². The van der Waals surface area contributed by atoms with Crippen molar-refractivity contribution >= 4 is 58.2 Å². The minimum Gasteiger partial charge on any atom is -0.353 e. The van der Waals surface area contributed by atoms with E-state index in [4.69, 9.17) is 23.2 Å². The van der Waals surface area contributed by atoms with E-state index < -0.39 is 0 Å². The third-order valence-corrected chi connectivity index (χ3v) is 4.24. The second kappa shape index (κ2) is 5.91. The SMILES string of the molecule is CN1CC(C)(C)SC1=Nc1ccc(Cl)cc1Cl.Cl. The molecule has 1 heterocycles. The quantitative estimate of drug-likeness (QED) is 0.732. The highest BCUT2D eigenvalue weighted by Gasteiger charge is 2.33. The van der Waals surface area contributed by atoms with Crippen molar-refractivity contribution in [2.75, 3.05) is 13.6 Å². The number of hydrogen-bond acceptors (Lipinski definition) is 2. The first-order valence-corrected chi connectivity index (χ1v) is 6.88. The van der Waals surface area contributed by atoms with E-state index in [2.05, 4.69) is 23.7 Å². The molecule has 0 radical (unpaired) electrons. The highest BCUT2D eigenvalue weighted by atomic mass is 35.5. The summed E-state index contributed by atoms with van der Waals surface area (Å²) in [5.41, 5.74) is 0.767. The summed E-state index contributed by atoms with van der Waals surface area (Å²) in [7, 11) is 2.05. The van der Waals surface area contributed by atoms with Crippen LogP contribution >= 0.6 is 47.4 Å². The summed E-state index contributed by atoms with van der Waals surface area (Å²) in [4.78, 5) is 6.74. The highest BCUT2D eigenvalue weighted by Crippen LogP contribution is 2.37. The molecule has 0 aliphatic carbocycles. The third kappa shape index (κ3) is 3.70. The predicted molar refractivity (Wildman–Crippen MR) is 85.1 cm³/mol. The van der Waals surface area contributed by atoms with Crippen LogP contribution in [0, 0.1) is 0 Å². The summed E-state index contributed by atoms with van der Waals surface area (Å²) in [6.07, 6.45) is 0. The van der Waals surface area contributed by atoms with E-state index in [0.29, 0.717) is 10.0 Å². The molecule has 18 heavy (non-hydrogen) atoms. The number of halogens is 3. The second-order valence-electron chi connectivity index (χ2n) is 4.71. The van der Waals surface area contributed by atoms with Gasteiger partial charge in [-0.05, 0) is 32.0 Å². The molecule has 1 aliphatic rings. The Labute approximate surface area is 128 Å². The Hall–Kier alpha value is -0.0900. The Morgan fingerprint density at radius 1 is 1.33 bits per heavy atom. The number of amidine groups is 1. The minimum atomic E-state index is 0. The van der Waals surface area contributed by atoms with Crippen molar-refractivity contribution in [1.29, 1.82) is 0 Å². The smallest absolute Gasteiger partial charge is 0.164 e. The van der Waals surface area contributed by atoms with Crippen LogP contribution in [0.1, 0.15) is 13.8 Å². The fourth-order valence-electron chi connectivity index (χ4n) is 1.78. The van der Waals surface area contributed by atoms with Crippen molar-refractivity contribution in [2.45, 2.75) is 18.6 Å². The molecule has 0 bridgehead atoms. The van der Waals surface area contributed by atoms with Crippen molar-refractivity contribution in [3.05, 3.63) is 28.2 Å². The highest BCUT2D eigenvalue weighted by molar-refractivity contribution is 8.15. The number of thioether (sulfide) groups is 1. The maximum absolute atomic E-state index is 6.11. The van der Waals surface area contributed by atoms with Gasteiger partial charge in [0.2, 0.25) is 0 Å². The summed E-state index contributed by atoms with van der Waals surface area (Å²) < 4.78 is 0.201. The Morgan fingerprint density at radius 2 is 2.00 bits per heavy atom. The van der Waals surface area contributed by atoms with Gasteiger partial charge in [-0.3, -0.25) is 0 Å². The first-order chi connectivity index (χ1) is 7.87. The molecule has 1 aromatic rings. The van der Waals surface area contributed by atoms with Gasteiger partial charge in [0.1, 0.15) is 0 Å². The topological polar surface area (TPSA) is 15.6 Å². The average Bonchev–Trinajstić information content (AvgIpc) is 2.44. The van der Waals surface area contributed by atoms with Crippen LogP contribution in [0.3, 0.4) is 0 Å². The molecule has 1 aliphatic heterocycles. The van der Waals surface area contributed by atoms with Crippen molar-refractivity contribution in [3.8, 4) is 0 Å². The molecule has 0 spiro atoms. The van der Waals surface area contributed by atoms with Gasteiger partial charge in [-0.25, -0.2) is 4.99 Å². The van der Waals surface area contributed by atoms with Crippen LogP contribution in [0.5, 0.6) is 0 Å². The number of rotatable bonds is 1. The fraction of sp³-hybridized carbons (Fsp3) is 0.417. The van der Waals surface area contributed by atoms with Crippen molar-refractivity contribution < 1.29 is 0 Å². The van der Waals surface area contributed by atoms with Crippen LogP contribution in [-0.2, 0) is 0 Å². The molecule has 0 aromatic heterocycles. The molecule has 0 unspecified atom stereocenters. The fourth-order valence-corrected chi connectivity index (χ4v) is 3.35. The van der Waals surface area contributed by atoms with Gasteiger partial charge in [-0.2, -0.15) is 0 Å². The first kappa shape index (κ1) is 16.0. The monoisotopic (exact) mass is 324 g/mol. The van der Waals surface area contributed by atoms with Crippen molar-refractivity contribution in [3.63, 3.8) is 0 Å². The van der Waals surface area contributed by atoms with Gasteiger partial charge < -0.3 is 4.90 Å². The number of hydrogen-bond donors (Lipinski definition) is 0. The summed E-state index contributed by atoms with van der Waals surface area (Å²) in [6.45, 7) is 5.40. The van der Waals surface area contributed by atoms with Gasteiger partial charge in [0.15, 0.2) is 5.17 Å². The standard InChI is InChI=1S/C12H14Cl2N2S.ClH/c1-12(2)7-16(3)11(17-12)15-10-5-4-8(13)6-9(10)14;/h4-6H,7H2,1-3H3;1H. The van der Waals surface area contributed by atoms with Gasteiger partial charge in [-0.1, -0.05) is 35.0 Å². The van der Waals surface area contributed by atoms with Crippen molar-refractivity contribution in [2.24, 2.45) is 4.99 Å². The normalized spacial score (nSPS) is 20.1. The molecule has 1 fully saturated rings. The van der Waals surface area contributed by atoms with Gasteiger partial charge in [0.05, 0.1) is 10.7 Å². The van der Waals surface area contributed by atoms with E-state index in [9.17, 15) is 0 Å². The summed E-state index contributed by atoms with van der Waals surface area (Å²) in [6, 6.07) is 5.36. The van der Waals surface area contributed by atoms with Crippen molar-refractivity contribution in [1.82, 2.24) is 4.90 Å².